The van der Waals surface area contributed by atoms with Crippen LogP contribution in [0, 0.1) is 6.92 Å². The fraction of sp³-hybridized carbons (Fsp3) is 0.333. The number of hydrogen-bond acceptors (Lipinski definition) is 3. The fourth-order valence-corrected chi connectivity index (χ4v) is 4.07. The lowest BCUT2D eigenvalue weighted by molar-refractivity contribution is 0.482. The van der Waals surface area contributed by atoms with E-state index >= 15 is 0 Å². The molecule has 23 heavy (non-hydrogen) atoms. The molecule has 1 aliphatic carbocycles. The van der Waals surface area contributed by atoms with Crippen molar-refractivity contribution in [2.75, 3.05) is 0 Å². The number of hydrogen-bond donors (Lipinski definition) is 1. The molecular weight excluding hydrogens is 310 g/mol. The Balaban J connectivity index is 1.69. The van der Waals surface area contributed by atoms with Crippen LogP contribution >= 0.6 is 0 Å². The maximum absolute atomic E-state index is 12.3. The van der Waals surface area contributed by atoms with Gasteiger partial charge >= 0.3 is 0 Å². The van der Waals surface area contributed by atoms with Crippen LogP contribution in [0.4, 0.5) is 0 Å². The lowest BCUT2D eigenvalue weighted by Crippen LogP contribution is -2.32. The first-order chi connectivity index (χ1) is 11.0. The van der Waals surface area contributed by atoms with E-state index in [1.54, 1.807) is 24.3 Å². The van der Waals surface area contributed by atoms with E-state index < -0.39 is 10.0 Å². The first-order valence-electron chi connectivity index (χ1n) is 7.90. The zero-order valence-corrected chi connectivity index (χ0v) is 14.0. The van der Waals surface area contributed by atoms with E-state index in [0.29, 0.717) is 5.75 Å². The van der Waals surface area contributed by atoms with Crippen LogP contribution in [-0.2, 0) is 10.0 Å². The summed E-state index contributed by atoms with van der Waals surface area (Å²) < 4.78 is 33.2. The van der Waals surface area contributed by atoms with Crippen molar-refractivity contribution in [3.63, 3.8) is 0 Å². The Labute approximate surface area is 137 Å². The second-order valence-corrected chi connectivity index (χ2v) is 7.70. The Kier molecular flexibility index (Phi) is 4.68. The molecule has 1 saturated carbocycles. The van der Waals surface area contributed by atoms with Gasteiger partial charge in [-0.25, -0.2) is 13.1 Å². The molecule has 122 valence electrons. The zero-order valence-electron chi connectivity index (χ0n) is 13.2. The number of benzene rings is 2. The molecule has 0 radical (unpaired) electrons. The second kappa shape index (κ2) is 6.72. The normalized spacial score (nSPS) is 15.7. The van der Waals surface area contributed by atoms with Crippen LogP contribution in [-0.4, -0.2) is 14.5 Å². The Morgan fingerprint density at radius 2 is 1.43 bits per heavy atom. The average molecular weight is 331 g/mol. The minimum absolute atomic E-state index is 0.0727. The van der Waals surface area contributed by atoms with Crippen molar-refractivity contribution in [2.24, 2.45) is 0 Å². The van der Waals surface area contributed by atoms with Crippen molar-refractivity contribution in [1.29, 1.82) is 0 Å². The van der Waals surface area contributed by atoms with Crippen molar-refractivity contribution in [3.8, 4) is 11.5 Å². The zero-order chi connectivity index (χ0) is 16.3. The van der Waals surface area contributed by atoms with Crippen molar-refractivity contribution in [1.82, 2.24) is 4.72 Å². The van der Waals surface area contributed by atoms with Gasteiger partial charge < -0.3 is 4.74 Å². The van der Waals surface area contributed by atoms with E-state index in [4.69, 9.17) is 4.74 Å². The maximum Gasteiger partial charge on any atom is 0.240 e. The van der Waals surface area contributed by atoms with E-state index in [1.807, 2.05) is 31.2 Å². The van der Waals surface area contributed by atoms with E-state index in [2.05, 4.69) is 4.72 Å². The van der Waals surface area contributed by atoms with Crippen LogP contribution in [0.3, 0.4) is 0 Å². The predicted octanol–water partition coefficient (Wildman–Crippen LogP) is 4.01. The summed E-state index contributed by atoms with van der Waals surface area (Å²) in [6.45, 7) is 2.01. The topological polar surface area (TPSA) is 55.4 Å². The Bertz CT molecular complexity index is 746. The molecule has 1 fully saturated rings. The molecule has 0 unspecified atom stereocenters. The summed E-state index contributed by atoms with van der Waals surface area (Å²) in [4.78, 5) is 0.278. The van der Waals surface area contributed by atoms with Gasteiger partial charge in [0.05, 0.1) is 4.90 Å². The average Bonchev–Trinajstić information content (AvgIpc) is 3.02. The largest absolute Gasteiger partial charge is 0.457 e. The second-order valence-electron chi connectivity index (χ2n) is 5.99. The summed E-state index contributed by atoms with van der Waals surface area (Å²) in [5.74, 6) is 1.35. The summed E-state index contributed by atoms with van der Waals surface area (Å²) in [7, 11) is -3.44. The van der Waals surface area contributed by atoms with Gasteiger partial charge in [0.25, 0.3) is 0 Å². The summed E-state index contributed by atoms with van der Waals surface area (Å²) in [6.07, 6.45) is 4.04. The van der Waals surface area contributed by atoms with Crippen molar-refractivity contribution >= 4 is 10.0 Å². The van der Waals surface area contributed by atoms with E-state index in [1.165, 1.54) is 0 Å². The quantitative estimate of drug-likeness (QED) is 0.900. The van der Waals surface area contributed by atoms with Gasteiger partial charge in [-0.2, -0.15) is 0 Å². The van der Waals surface area contributed by atoms with Crippen LogP contribution in [0.5, 0.6) is 11.5 Å². The van der Waals surface area contributed by atoms with E-state index in [0.717, 1.165) is 37.0 Å². The molecule has 0 saturated heterocycles. The smallest absolute Gasteiger partial charge is 0.240 e. The highest BCUT2D eigenvalue weighted by atomic mass is 32.2. The van der Waals surface area contributed by atoms with Crippen molar-refractivity contribution in [3.05, 3.63) is 54.1 Å². The van der Waals surface area contributed by atoms with Crippen LogP contribution in [0.1, 0.15) is 31.2 Å². The Hall–Kier alpha value is -1.85. The lowest BCUT2D eigenvalue weighted by atomic mass is 10.2. The van der Waals surface area contributed by atoms with Crippen molar-refractivity contribution < 1.29 is 13.2 Å². The molecule has 0 spiro atoms. The van der Waals surface area contributed by atoms with Gasteiger partial charge in [-0.1, -0.05) is 30.5 Å². The first-order valence-corrected chi connectivity index (χ1v) is 9.38. The van der Waals surface area contributed by atoms with Crippen LogP contribution in [0.2, 0.25) is 0 Å². The molecule has 4 nitrogen and oxygen atoms in total. The number of ether oxygens (including phenoxy) is 1. The number of nitrogens with one attached hydrogen (secondary N) is 1. The standard InChI is InChI=1S/C18H21NO3S/c1-14-6-8-16(9-7-14)22-17-10-12-18(13-11-17)23(20,21)19-15-4-2-3-5-15/h6-13,15,19H,2-5H2,1H3. The highest BCUT2D eigenvalue weighted by molar-refractivity contribution is 7.89. The third-order valence-corrected chi connectivity index (χ3v) is 5.60. The molecule has 0 heterocycles. The number of aryl methyl sites for hydroxylation is 1. The molecule has 3 rings (SSSR count). The molecule has 5 heteroatoms. The Morgan fingerprint density at radius 3 is 2.00 bits per heavy atom. The lowest BCUT2D eigenvalue weighted by Gasteiger charge is -2.13. The summed E-state index contributed by atoms with van der Waals surface area (Å²) in [6, 6.07) is 14.3. The maximum atomic E-state index is 12.3. The highest BCUT2D eigenvalue weighted by Gasteiger charge is 2.22. The Morgan fingerprint density at radius 1 is 0.913 bits per heavy atom. The number of sulfonamides is 1. The van der Waals surface area contributed by atoms with Gasteiger partial charge in [-0.3, -0.25) is 0 Å². The monoisotopic (exact) mass is 331 g/mol. The summed E-state index contributed by atoms with van der Waals surface area (Å²) >= 11 is 0. The van der Waals surface area contributed by atoms with Gasteiger partial charge in [0.15, 0.2) is 0 Å². The van der Waals surface area contributed by atoms with Gasteiger partial charge in [-0.05, 0) is 56.2 Å². The van der Waals surface area contributed by atoms with Gasteiger partial charge in [0.2, 0.25) is 10.0 Å². The molecule has 0 aromatic heterocycles. The van der Waals surface area contributed by atoms with Gasteiger partial charge in [-0.15, -0.1) is 0 Å². The SMILES string of the molecule is Cc1ccc(Oc2ccc(S(=O)(=O)NC3CCCC3)cc2)cc1. The van der Waals surface area contributed by atoms with E-state index in [9.17, 15) is 8.42 Å². The van der Waals surface area contributed by atoms with Crippen LogP contribution in [0.25, 0.3) is 0 Å². The molecule has 0 atom stereocenters. The molecule has 2 aromatic carbocycles. The van der Waals surface area contributed by atoms with Crippen molar-refractivity contribution in [2.45, 2.75) is 43.5 Å². The highest BCUT2D eigenvalue weighted by Crippen LogP contribution is 2.24. The van der Waals surface area contributed by atoms with Crippen LogP contribution in [0.15, 0.2) is 53.4 Å². The minimum Gasteiger partial charge on any atom is -0.457 e. The summed E-state index contributed by atoms with van der Waals surface area (Å²) in [5, 5.41) is 0. The molecule has 0 aliphatic heterocycles. The van der Waals surface area contributed by atoms with E-state index in [-0.39, 0.29) is 10.9 Å². The minimum atomic E-state index is -3.44. The molecule has 2 aromatic rings. The first kappa shape index (κ1) is 16.0. The molecule has 0 bridgehead atoms. The van der Waals surface area contributed by atoms with Crippen LogP contribution < -0.4 is 9.46 Å². The summed E-state index contributed by atoms with van der Waals surface area (Å²) in [5.41, 5.74) is 1.16. The van der Waals surface area contributed by atoms with Gasteiger partial charge in [0, 0.05) is 6.04 Å². The fourth-order valence-electron chi connectivity index (χ4n) is 2.76. The van der Waals surface area contributed by atoms with Gasteiger partial charge in [0.1, 0.15) is 11.5 Å². The molecular formula is C18H21NO3S. The molecule has 1 N–H and O–H groups in total. The predicted molar refractivity (Wildman–Crippen MR) is 90.3 cm³/mol. The third-order valence-electron chi connectivity index (χ3n) is 4.07. The third kappa shape index (κ3) is 4.12. The molecule has 0 amide bonds. The molecule has 1 aliphatic rings. The number of rotatable bonds is 5.